The van der Waals surface area contributed by atoms with E-state index in [2.05, 4.69) is 10.3 Å². The molecule has 27 heavy (non-hydrogen) atoms. The lowest BCUT2D eigenvalue weighted by molar-refractivity contribution is 0.0727. The lowest BCUT2D eigenvalue weighted by Gasteiger charge is -2.21. The van der Waals surface area contributed by atoms with Crippen LogP contribution in [0, 0.1) is 0 Å². The minimum absolute atomic E-state index is 0.0783. The van der Waals surface area contributed by atoms with Crippen LogP contribution in [0.3, 0.4) is 0 Å². The Morgan fingerprint density at radius 2 is 2.11 bits per heavy atom. The van der Waals surface area contributed by atoms with Gasteiger partial charge in [-0.05, 0) is 19.1 Å². The van der Waals surface area contributed by atoms with Crippen molar-refractivity contribution < 1.29 is 23.3 Å². The summed E-state index contributed by atoms with van der Waals surface area (Å²) < 4.78 is 20.7. The SMILES string of the molecule is COc1ccc(OCc2cc(C(=O)N(C)[C@@H](C)c3ccon3)no2)c(Cl)c1. The molecule has 2 aromatic heterocycles. The van der Waals surface area contributed by atoms with Crippen LogP contribution in [0.15, 0.2) is 45.6 Å². The van der Waals surface area contributed by atoms with E-state index in [1.165, 1.54) is 17.2 Å². The second-order valence-corrected chi connectivity index (χ2v) is 6.19. The van der Waals surface area contributed by atoms with Gasteiger partial charge in [0.25, 0.3) is 5.91 Å². The summed E-state index contributed by atoms with van der Waals surface area (Å²) in [7, 11) is 3.21. The first-order chi connectivity index (χ1) is 13.0. The van der Waals surface area contributed by atoms with Gasteiger partial charge in [-0.15, -0.1) is 0 Å². The molecule has 1 aromatic carbocycles. The second-order valence-electron chi connectivity index (χ2n) is 5.78. The maximum atomic E-state index is 12.6. The summed E-state index contributed by atoms with van der Waals surface area (Å²) in [5.41, 5.74) is 0.819. The van der Waals surface area contributed by atoms with Gasteiger partial charge in [0.05, 0.1) is 18.2 Å². The fourth-order valence-corrected chi connectivity index (χ4v) is 2.57. The molecule has 0 aliphatic heterocycles. The molecule has 3 rings (SSSR count). The van der Waals surface area contributed by atoms with Crippen LogP contribution in [-0.4, -0.2) is 35.3 Å². The molecule has 0 bridgehead atoms. The van der Waals surface area contributed by atoms with Crippen molar-refractivity contribution in [3.8, 4) is 11.5 Å². The molecule has 0 unspecified atom stereocenters. The summed E-state index contributed by atoms with van der Waals surface area (Å²) in [4.78, 5) is 14.1. The van der Waals surface area contributed by atoms with Gasteiger partial charge in [-0.3, -0.25) is 4.79 Å². The van der Waals surface area contributed by atoms with E-state index in [1.54, 1.807) is 38.4 Å². The van der Waals surface area contributed by atoms with Crippen LogP contribution in [0.5, 0.6) is 11.5 Å². The zero-order chi connectivity index (χ0) is 19.4. The molecule has 2 heterocycles. The van der Waals surface area contributed by atoms with Crippen LogP contribution in [0.25, 0.3) is 0 Å². The van der Waals surface area contributed by atoms with E-state index >= 15 is 0 Å². The summed E-state index contributed by atoms with van der Waals surface area (Å²) in [6.45, 7) is 1.92. The number of aromatic nitrogens is 2. The smallest absolute Gasteiger partial charge is 0.276 e. The van der Waals surface area contributed by atoms with Gasteiger partial charge < -0.3 is 23.4 Å². The van der Waals surface area contributed by atoms with Crippen molar-refractivity contribution in [2.45, 2.75) is 19.6 Å². The van der Waals surface area contributed by atoms with Crippen molar-refractivity contribution in [2.75, 3.05) is 14.2 Å². The van der Waals surface area contributed by atoms with E-state index in [4.69, 9.17) is 30.1 Å². The maximum absolute atomic E-state index is 12.6. The summed E-state index contributed by atoms with van der Waals surface area (Å²) in [5.74, 6) is 1.19. The van der Waals surface area contributed by atoms with Crippen molar-refractivity contribution in [2.24, 2.45) is 0 Å². The number of carbonyl (C=O) groups excluding carboxylic acids is 1. The molecule has 0 saturated heterocycles. The molecule has 3 aromatic rings. The van der Waals surface area contributed by atoms with Gasteiger partial charge in [-0.1, -0.05) is 21.9 Å². The number of halogens is 1. The van der Waals surface area contributed by atoms with Crippen LogP contribution < -0.4 is 9.47 Å². The fourth-order valence-electron chi connectivity index (χ4n) is 2.35. The van der Waals surface area contributed by atoms with E-state index in [1.807, 2.05) is 6.92 Å². The minimum Gasteiger partial charge on any atom is -0.497 e. The Bertz CT molecular complexity index is 910. The zero-order valence-electron chi connectivity index (χ0n) is 15.0. The third-order valence-electron chi connectivity index (χ3n) is 4.07. The standard InChI is InChI=1S/C18H18ClN3O5/c1-11(15-6-7-26-20-15)22(2)18(23)16-9-13(27-21-16)10-25-17-5-4-12(24-3)8-14(17)19/h4-9,11H,10H2,1-3H3/t11-/m0/s1. The Balaban J connectivity index is 1.63. The Morgan fingerprint density at radius 1 is 1.30 bits per heavy atom. The summed E-state index contributed by atoms with van der Waals surface area (Å²) in [5, 5.41) is 8.08. The lowest BCUT2D eigenvalue weighted by atomic mass is 10.2. The van der Waals surface area contributed by atoms with Gasteiger partial charge in [-0.2, -0.15) is 0 Å². The van der Waals surface area contributed by atoms with E-state index in [9.17, 15) is 4.79 Å². The van der Waals surface area contributed by atoms with E-state index in [-0.39, 0.29) is 24.2 Å². The highest BCUT2D eigenvalue weighted by Crippen LogP contribution is 2.29. The molecule has 0 aliphatic carbocycles. The molecule has 9 heteroatoms. The number of carbonyl (C=O) groups is 1. The highest BCUT2D eigenvalue weighted by Gasteiger charge is 2.23. The Kier molecular flexibility index (Phi) is 5.66. The molecule has 142 valence electrons. The van der Waals surface area contributed by atoms with Crippen LogP contribution >= 0.6 is 11.6 Å². The predicted molar refractivity (Wildman–Crippen MR) is 95.9 cm³/mol. The van der Waals surface area contributed by atoms with Gasteiger partial charge in [0.1, 0.15) is 30.1 Å². The number of amides is 1. The second kappa shape index (κ2) is 8.13. The Labute approximate surface area is 160 Å². The highest BCUT2D eigenvalue weighted by atomic mass is 35.5. The molecule has 1 amide bonds. The van der Waals surface area contributed by atoms with Crippen LogP contribution in [-0.2, 0) is 6.61 Å². The first-order valence-electron chi connectivity index (χ1n) is 8.09. The molecule has 0 N–H and O–H groups in total. The average Bonchev–Trinajstić information content (AvgIpc) is 3.37. The number of hydrogen-bond acceptors (Lipinski definition) is 7. The quantitative estimate of drug-likeness (QED) is 0.605. The number of methoxy groups -OCH3 is 1. The van der Waals surface area contributed by atoms with Gasteiger partial charge in [0.15, 0.2) is 11.5 Å². The van der Waals surface area contributed by atoms with Gasteiger partial charge in [0.2, 0.25) is 0 Å². The number of ether oxygens (including phenoxy) is 2. The largest absolute Gasteiger partial charge is 0.497 e. The van der Waals surface area contributed by atoms with E-state index in [0.29, 0.717) is 28.0 Å². The Hall–Kier alpha value is -3.00. The highest BCUT2D eigenvalue weighted by molar-refractivity contribution is 6.32. The van der Waals surface area contributed by atoms with Gasteiger partial charge >= 0.3 is 0 Å². The zero-order valence-corrected chi connectivity index (χ0v) is 15.8. The predicted octanol–water partition coefficient (Wildman–Crippen LogP) is 3.74. The van der Waals surface area contributed by atoms with Crippen molar-refractivity contribution in [3.05, 3.63) is 58.8 Å². The molecule has 0 radical (unpaired) electrons. The maximum Gasteiger partial charge on any atom is 0.276 e. The van der Waals surface area contributed by atoms with Crippen molar-refractivity contribution in [1.82, 2.24) is 15.2 Å². The number of rotatable bonds is 7. The van der Waals surface area contributed by atoms with Crippen molar-refractivity contribution in [1.29, 1.82) is 0 Å². The van der Waals surface area contributed by atoms with Crippen molar-refractivity contribution in [3.63, 3.8) is 0 Å². The number of hydrogen-bond donors (Lipinski definition) is 0. The van der Waals surface area contributed by atoms with Crippen LogP contribution in [0.1, 0.15) is 34.9 Å². The molecule has 0 fully saturated rings. The van der Waals surface area contributed by atoms with Crippen molar-refractivity contribution >= 4 is 17.5 Å². The minimum atomic E-state index is -0.303. The monoisotopic (exact) mass is 391 g/mol. The van der Waals surface area contributed by atoms with Gasteiger partial charge in [0, 0.05) is 25.2 Å². The molecule has 1 atom stereocenters. The van der Waals surface area contributed by atoms with Crippen LogP contribution in [0.4, 0.5) is 0 Å². The number of benzene rings is 1. The first kappa shape index (κ1) is 18.8. The third kappa shape index (κ3) is 4.22. The molecule has 8 nitrogen and oxygen atoms in total. The molecule has 0 saturated carbocycles. The van der Waals surface area contributed by atoms with E-state index in [0.717, 1.165) is 0 Å². The Morgan fingerprint density at radius 3 is 2.78 bits per heavy atom. The first-order valence-corrected chi connectivity index (χ1v) is 8.46. The molecular formula is C18H18ClN3O5. The number of nitrogens with zero attached hydrogens (tertiary/aromatic N) is 3. The summed E-state index contributed by atoms with van der Waals surface area (Å²) in [6, 6.07) is 8.03. The normalized spacial score (nSPS) is 11.9. The lowest BCUT2D eigenvalue weighted by Crippen LogP contribution is -2.30. The third-order valence-corrected chi connectivity index (χ3v) is 4.37. The van der Waals surface area contributed by atoms with Gasteiger partial charge in [-0.25, -0.2) is 0 Å². The summed E-state index contributed by atoms with van der Waals surface area (Å²) >= 11 is 6.13. The summed E-state index contributed by atoms with van der Waals surface area (Å²) in [6.07, 6.45) is 1.46. The topological polar surface area (TPSA) is 90.8 Å². The van der Waals surface area contributed by atoms with Crippen LogP contribution in [0.2, 0.25) is 5.02 Å². The fraction of sp³-hybridized carbons (Fsp3) is 0.278. The molecular weight excluding hydrogens is 374 g/mol. The molecule has 0 spiro atoms. The average molecular weight is 392 g/mol. The molecule has 0 aliphatic rings. The van der Waals surface area contributed by atoms with E-state index < -0.39 is 0 Å².